The molecule has 118 valence electrons. The molecular weight excluding hydrogens is 288 g/mol. The van der Waals surface area contributed by atoms with E-state index in [1.54, 1.807) is 4.31 Å². The summed E-state index contributed by atoms with van der Waals surface area (Å²) in [4.78, 5) is 4.50. The van der Waals surface area contributed by atoms with Crippen molar-refractivity contribution in [2.24, 2.45) is 11.8 Å². The average molecular weight is 312 g/mol. The third-order valence-corrected chi connectivity index (χ3v) is 5.26. The van der Waals surface area contributed by atoms with Crippen molar-refractivity contribution < 1.29 is 8.42 Å². The second kappa shape index (κ2) is 6.83. The van der Waals surface area contributed by atoms with Gasteiger partial charge in [-0.15, -0.1) is 0 Å². The van der Waals surface area contributed by atoms with Crippen LogP contribution >= 0.6 is 0 Å². The largest absolute Gasteiger partial charge is 0.271 e. The minimum absolute atomic E-state index is 0.0468. The number of nitrogens with one attached hydrogen (secondary N) is 1. The number of aryl methyl sites for hydroxylation is 1. The molecule has 7 heteroatoms. The molecule has 0 saturated carbocycles. The van der Waals surface area contributed by atoms with Crippen molar-refractivity contribution in [3.05, 3.63) is 29.6 Å². The Morgan fingerprint density at radius 2 is 2.29 bits per heavy atom. The van der Waals surface area contributed by atoms with Crippen LogP contribution in [0, 0.1) is 12.8 Å². The predicted octanol–water partition coefficient (Wildman–Crippen LogP) is 0.956. The van der Waals surface area contributed by atoms with E-state index < -0.39 is 10.0 Å². The van der Waals surface area contributed by atoms with Gasteiger partial charge in [0.1, 0.15) is 0 Å². The molecule has 2 rings (SSSR count). The van der Waals surface area contributed by atoms with Crippen LogP contribution < -0.4 is 11.3 Å². The number of aromatic nitrogens is 1. The van der Waals surface area contributed by atoms with Gasteiger partial charge in [0.2, 0.25) is 10.0 Å². The summed E-state index contributed by atoms with van der Waals surface area (Å²) in [6.45, 7) is 3.14. The number of hydrogen-bond donors (Lipinski definition) is 2. The summed E-state index contributed by atoms with van der Waals surface area (Å²) in [5, 5.41) is 0. The molecular formula is C14H24N4O2S. The van der Waals surface area contributed by atoms with Crippen LogP contribution in [-0.2, 0) is 10.0 Å². The number of sulfonamides is 1. The highest BCUT2D eigenvalue weighted by atomic mass is 32.2. The van der Waals surface area contributed by atoms with Crippen LogP contribution in [0.3, 0.4) is 0 Å². The van der Waals surface area contributed by atoms with Crippen LogP contribution in [0.15, 0.2) is 18.2 Å². The molecule has 21 heavy (non-hydrogen) atoms. The number of nitrogens with zero attached hydrogens (tertiary/aromatic N) is 2. The SMILES string of the molecule is Cc1cccc(C(CC2CCCN(S(C)(=O)=O)C2)NN)n1. The zero-order valence-corrected chi connectivity index (χ0v) is 13.4. The number of piperidine rings is 1. The molecule has 0 bridgehead atoms. The smallest absolute Gasteiger partial charge is 0.211 e. The summed E-state index contributed by atoms with van der Waals surface area (Å²) >= 11 is 0. The van der Waals surface area contributed by atoms with Gasteiger partial charge < -0.3 is 0 Å². The van der Waals surface area contributed by atoms with Crippen molar-refractivity contribution in [3.8, 4) is 0 Å². The van der Waals surface area contributed by atoms with Crippen LogP contribution in [0.4, 0.5) is 0 Å². The minimum atomic E-state index is -3.11. The van der Waals surface area contributed by atoms with Gasteiger partial charge in [0.05, 0.1) is 18.0 Å². The normalized spacial score (nSPS) is 22.1. The van der Waals surface area contributed by atoms with E-state index in [1.165, 1.54) is 6.26 Å². The minimum Gasteiger partial charge on any atom is -0.271 e. The molecule has 6 nitrogen and oxygen atoms in total. The van der Waals surface area contributed by atoms with Crippen molar-refractivity contribution in [1.82, 2.24) is 14.7 Å². The maximum Gasteiger partial charge on any atom is 0.211 e. The molecule has 1 aromatic rings. The van der Waals surface area contributed by atoms with Crippen molar-refractivity contribution in [3.63, 3.8) is 0 Å². The van der Waals surface area contributed by atoms with Crippen LogP contribution in [-0.4, -0.2) is 37.1 Å². The molecule has 2 atom stereocenters. The summed E-state index contributed by atoms with van der Waals surface area (Å²) < 4.78 is 24.9. The topological polar surface area (TPSA) is 88.3 Å². The van der Waals surface area contributed by atoms with Crippen LogP contribution in [0.1, 0.15) is 36.7 Å². The van der Waals surface area contributed by atoms with E-state index in [0.29, 0.717) is 19.0 Å². The lowest BCUT2D eigenvalue weighted by atomic mass is 9.91. The third kappa shape index (κ3) is 4.47. The van der Waals surface area contributed by atoms with Crippen molar-refractivity contribution >= 4 is 10.0 Å². The summed E-state index contributed by atoms with van der Waals surface area (Å²) in [5.74, 6) is 5.97. The third-order valence-electron chi connectivity index (χ3n) is 3.99. The molecule has 0 spiro atoms. The summed E-state index contributed by atoms with van der Waals surface area (Å²) in [5.41, 5.74) is 4.68. The molecule has 1 aliphatic heterocycles. The molecule has 0 radical (unpaired) electrons. The van der Waals surface area contributed by atoms with E-state index in [2.05, 4.69) is 10.4 Å². The number of hydrogen-bond acceptors (Lipinski definition) is 5. The maximum atomic E-state index is 11.7. The fraction of sp³-hybridized carbons (Fsp3) is 0.643. The monoisotopic (exact) mass is 312 g/mol. The van der Waals surface area contributed by atoms with Gasteiger partial charge in [0, 0.05) is 18.8 Å². The van der Waals surface area contributed by atoms with Crippen molar-refractivity contribution in [1.29, 1.82) is 0 Å². The van der Waals surface area contributed by atoms with Crippen LogP contribution in [0.25, 0.3) is 0 Å². The van der Waals surface area contributed by atoms with Gasteiger partial charge in [-0.1, -0.05) is 6.07 Å². The molecule has 1 fully saturated rings. The summed E-state index contributed by atoms with van der Waals surface area (Å²) in [6.07, 6.45) is 3.99. The second-order valence-electron chi connectivity index (χ2n) is 5.79. The van der Waals surface area contributed by atoms with Gasteiger partial charge in [0.25, 0.3) is 0 Å². The average Bonchev–Trinajstić information content (AvgIpc) is 2.44. The van der Waals surface area contributed by atoms with Gasteiger partial charge in [-0.05, 0) is 44.2 Å². The Morgan fingerprint density at radius 3 is 2.90 bits per heavy atom. The first-order chi connectivity index (χ1) is 9.90. The van der Waals surface area contributed by atoms with Crippen LogP contribution in [0.5, 0.6) is 0 Å². The molecule has 2 heterocycles. The van der Waals surface area contributed by atoms with Gasteiger partial charge in [0.15, 0.2) is 0 Å². The lowest BCUT2D eigenvalue weighted by Crippen LogP contribution is -2.41. The van der Waals surface area contributed by atoms with E-state index in [1.807, 2.05) is 25.1 Å². The standard InChI is InChI=1S/C14H24N4O2S/c1-11-5-3-7-13(16-11)14(17-15)9-12-6-4-8-18(10-12)21(2,19)20/h3,5,7,12,14,17H,4,6,8-10,15H2,1-2H3. The predicted molar refractivity (Wildman–Crippen MR) is 82.8 cm³/mol. The van der Waals surface area contributed by atoms with Gasteiger partial charge in [-0.2, -0.15) is 0 Å². The highest BCUT2D eigenvalue weighted by molar-refractivity contribution is 7.88. The quantitative estimate of drug-likeness (QED) is 0.624. The molecule has 0 aromatic carbocycles. The lowest BCUT2D eigenvalue weighted by Gasteiger charge is -2.32. The van der Waals surface area contributed by atoms with Gasteiger partial charge in [-0.3, -0.25) is 16.3 Å². The molecule has 3 N–H and O–H groups in total. The van der Waals surface area contributed by atoms with E-state index in [9.17, 15) is 8.42 Å². The number of hydrazine groups is 1. The summed E-state index contributed by atoms with van der Waals surface area (Å²) in [6, 6.07) is 5.82. The molecule has 1 saturated heterocycles. The Balaban J connectivity index is 2.05. The first-order valence-electron chi connectivity index (χ1n) is 7.25. The Hall–Kier alpha value is -1.02. The highest BCUT2D eigenvalue weighted by Gasteiger charge is 2.28. The van der Waals surface area contributed by atoms with Crippen molar-refractivity contribution in [2.45, 2.75) is 32.2 Å². The molecule has 2 unspecified atom stereocenters. The molecule has 1 aliphatic rings. The number of rotatable bonds is 5. The molecule has 0 aliphatic carbocycles. The van der Waals surface area contributed by atoms with E-state index in [0.717, 1.165) is 30.7 Å². The van der Waals surface area contributed by atoms with E-state index in [-0.39, 0.29) is 6.04 Å². The Morgan fingerprint density at radius 1 is 1.52 bits per heavy atom. The Kier molecular flexibility index (Phi) is 5.32. The fourth-order valence-electron chi connectivity index (χ4n) is 2.89. The van der Waals surface area contributed by atoms with E-state index >= 15 is 0 Å². The van der Waals surface area contributed by atoms with Crippen molar-refractivity contribution in [2.75, 3.05) is 19.3 Å². The lowest BCUT2D eigenvalue weighted by molar-refractivity contribution is 0.237. The first-order valence-corrected chi connectivity index (χ1v) is 9.10. The Labute approximate surface area is 126 Å². The number of pyridine rings is 1. The summed E-state index contributed by atoms with van der Waals surface area (Å²) in [7, 11) is -3.11. The molecule has 1 aromatic heterocycles. The Bertz CT molecular complexity index is 576. The van der Waals surface area contributed by atoms with Crippen LogP contribution in [0.2, 0.25) is 0 Å². The maximum absolute atomic E-state index is 11.7. The number of nitrogens with two attached hydrogens (primary N) is 1. The first kappa shape index (κ1) is 16.4. The zero-order chi connectivity index (χ0) is 15.5. The highest BCUT2D eigenvalue weighted by Crippen LogP contribution is 2.27. The van der Waals surface area contributed by atoms with Gasteiger partial charge >= 0.3 is 0 Å². The van der Waals surface area contributed by atoms with Gasteiger partial charge in [-0.25, -0.2) is 12.7 Å². The molecule has 0 amide bonds. The second-order valence-corrected chi connectivity index (χ2v) is 7.77. The van der Waals surface area contributed by atoms with E-state index in [4.69, 9.17) is 5.84 Å². The zero-order valence-electron chi connectivity index (χ0n) is 12.6. The fourth-order valence-corrected chi connectivity index (χ4v) is 3.83.